The quantitative estimate of drug-likeness (QED) is 0.746. The molecule has 1 N–H and O–H groups in total. The van der Waals surface area contributed by atoms with Crippen molar-refractivity contribution < 1.29 is 4.42 Å². The van der Waals surface area contributed by atoms with Crippen molar-refractivity contribution in [3.05, 3.63) is 60.4 Å². The summed E-state index contributed by atoms with van der Waals surface area (Å²) in [4.78, 5) is 0. The molecule has 0 aliphatic heterocycles. The molecule has 1 aromatic heterocycles. The van der Waals surface area contributed by atoms with Gasteiger partial charge in [0.25, 0.3) is 0 Å². The molecule has 2 heteroatoms. The lowest BCUT2D eigenvalue weighted by Gasteiger charge is -2.05. The fraction of sp³-hybridized carbons (Fsp3) is 0.222. The van der Waals surface area contributed by atoms with Gasteiger partial charge in [-0.2, -0.15) is 0 Å². The van der Waals surface area contributed by atoms with Gasteiger partial charge < -0.3 is 9.73 Å². The van der Waals surface area contributed by atoms with Crippen molar-refractivity contribution in [2.24, 2.45) is 0 Å². The zero-order valence-electron chi connectivity index (χ0n) is 11.9. The van der Waals surface area contributed by atoms with Gasteiger partial charge in [-0.3, -0.25) is 0 Å². The second kappa shape index (κ2) is 5.51. The first-order chi connectivity index (χ1) is 9.72. The van der Waals surface area contributed by atoms with Crippen LogP contribution in [0.2, 0.25) is 0 Å². The third kappa shape index (κ3) is 2.75. The van der Waals surface area contributed by atoms with Gasteiger partial charge in [0.05, 0.1) is 6.54 Å². The molecule has 0 radical (unpaired) electrons. The third-order valence-corrected chi connectivity index (χ3v) is 3.38. The van der Waals surface area contributed by atoms with Crippen molar-refractivity contribution in [2.75, 3.05) is 0 Å². The van der Waals surface area contributed by atoms with Crippen molar-refractivity contribution >= 4 is 10.8 Å². The maximum absolute atomic E-state index is 5.91. The monoisotopic (exact) mass is 265 g/mol. The smallest absolute Gasteiger partial charge is 0.134 e. The molecule has 3 aromatic rings. The van der Waals surface area contributed by atoms with E-state index in [2.05, 4.69) is 61.6 Å². The molecule has 0 fully saturated rings. The Balaban J connectivity index is 1.87. The molecule has 0 spiro atoms. The lowest BCUT2D eigenvalue weighted by atomic mass is 10.1. The Labute approximate surface area is 119 Å². The summed E-state index contributed by atoms with van der Waals surface area (Å²) in [5, 5.41) is 5.86. The largest absolute Gasteiger partial charge is 0.460 e. The molecule has 0 aliphatic rings. The molecule has 2 aromatic carbocycles. The number of hydrogen-bond acceptors (Lipinski definition) is 2. The zero-order chi connectivity index (χ0) is 13.9. The lowest BCUT2D eigenvalue weighted by molar-refractivity contribution is 0.473. The van der Waals surface area contributed by atoms with E-state index in [0.29, 0.717) is 6.04 Å². The number of furan rings is 1. The number of nitrogens with one attached hydrogen (secondary N) is 1. The molecular formula is C18H19NO. The van der Waals surface area contributed by atoms with Crippen LogP contribution in [-0.4, -0.2) is 6.04 Å². The highest BCUT2D eigenvalue weighted by atomic mass is 16.3. The van der Waals surface area contributed by atoms with Crippen LogP contribution in [-0.2, 0) is 6.54 Å². The summed E-state index contributed by atoms with van der Waals surface area (Å²) in [5.74, 6) is 1.90. The molecule has 0 unspecified atom stereocenters. The number of hydrogen-bond donors (Lipinski definition) is 1. The van der Waals surface area contributed by atoms with Crippen molar-refractivity contribution in [3.8, 4) is 11.3 Å². The van der Waals surface area contributed by atoms with Gasteiger partial charge in [-0.1, -0.05) is 50.2 Å². The van der Waals surface area contributed by atoms with Crippen molar-refractivity contribution in [1.29, 1.82) is 0 Å². The van der Waals surface area contributed by atoms with Gasteiger partial charge >= 0.3 is 0 Å². The van der Waals surface area contributed by atoms with Gasteiger partial charge in [-0.25, -0.2) is 0 Å². The van der Waals surface area contributed by atoms with E-state index < -0.39 is 0 Å². The topological polar surface area (TPSA) is 25.2 Å². The molecule has 2 nitrogen and oxygen atoms in total. The highest BCUT2D eigenvalue weighted by Gasteiger charge is 2.06. The maximum Gasteiger partial charge on any atom is 0.134 e. The summed E-state index contributed by atoms with van der Waals surface area (Å²) in [6.45, 7) is 5.03. The molecule has 102 valence electrons. The Hall–Kier alpha value is -2.06. The predicted octanol–water partition coefficient (Wildman–Crippen LogP) is 4.60. The van der Waals surface area contributed by atoms with Gasteiger partial charge in [-0.15, -0.1) is 0 Å². The molecule has 0 saturated carbocycles. The number of fused-ring (bicyclic) bond motifs is 1. The van der Waals surface area contributed by atoms with E-state index in [9.17, 15) is 0 Å². The summed E-state index contributed by atoms with van der Waals surface area (Å²) < 4.78 is 5.91. The molecule has 1 heterocycles. The van der Waals surface area contributed by atoms with Gasteiger partial charge in [0.15, 0.2) is 0 Å². The van der Waals surface area contributed by atoms with Crippen molar-refractivity contribution in [2.45, 2.75) is 26.4 Å². The maximum atomic E-state index is 5.91. The van der Waals surface area contributed by atoms with E-state index in [1.807, 2.05) is 12.1 Å². The molecule has 0 atom stereocenters. The van der Waals surface area contributed by atoms with Gasteiger partial charge in [0.2, 0.25) is 0 Å². The molecule has 0 amide bonds. The Morgan fingerprint density at radius 2 is 1.75 bits per heavy atom. The normalized spacial score (nSPS) is 11.3. The van der Waals surface area contributed by atoms with E-state index in [1.54, 1.807) is 0 Å². The minimum atomic E-state index is 0.462. The molecule has 0 bridgehead atoms. The fourth-order valence-corrected chi connectivity index (χ4v) is 2.28. The van der Waals surface area contributed by atoms with Crippen LogP contribution in [0.5, 0.6) is 0 Å². The van der Waals surface area contributed by atoms with Gasteiger partial charge in [0.1, 0.15) is 11.5 Å². The lowest BCUT2D eigenvalue weighted by Crippen LogP contribution is -2.21. The summed E-state index contributed by atoms with van der Waals surface area (Å²) >= 11 is 0. The second-order valence-corrected chi connectivity index (χ2v) is 5.36. The first-order valence-electron chi connectivity index (χ1n) is 7.03. The summed E-state index contributed by atoms with van der Waals surface area (Å²) in [6, 6.07) is 19.3. The number of benzene rings is 2. The Morgan fingerprint density at radius 1 is 0.950 bits per heavy atom. The molecular weight excluding hydrogens is 246 g/mol. The van der Waals surface area contributed by atoms with Crippen LogP contribution in [0.15, 0.2) is 59.0 Å². The number of rotatable bonds is 4. The first kappa shape index (κ1) is 12.9. The Bertz CT molecular complexity index is 712. The Kier molecular flexibility index (Phi) is 3.57. The molecule has 0 saturated heterocycles. The van der Waals surface area contributed by atoms with Crippen molar-refractivity contribution in [3.63, 3.8) is 0 Å². The van der Waals surface area contributed by atoms with Gasteiger partial charge in [0, 0.05) is 11.6 Å². The molecule has 20 heavy (non-hydrogen) atoms. The van der Waals surface area contributed by atoms with E-state index in [0.717, 1.165) is 23.6 Å². The van der Waals surface area contributed by atoms with E-state index in [4.69, 9.17) is 4.42 Å². The minimum Gasteiger partial charge on any atom is -0.460 e. The second-order valence-electron chi connectivity index (χ2n) is 5.36. The molecule has 3 rings (SSSR count). The SMILES string of the molecule is CC(C)NCc1ccc(-c2ccc3ccccc3c2)o1. The summed E-state index contributed by atoms with van der Waals surface area (Å²) in [5.41, 5.74) is 1.12. The van der Waals surface area contributed by atoms with Crippen LogP contribution >= 0.6 is 0 Å². The summed E-state index contributed by atoms with van der Waals surface area (Å²) in [6.07, 6.45) is 0. The average molecular weight is 265 g/mol. The average Bonchev–Trinajstić information content (AvgIpc) is 2.93. The first-order valence-corrected chi connectivity index (χ1v) is 7.03. The van der Waals surface area contributed by atoms with Crippen LogP contribution in [0.4, 0.5) is 0 Å². The Morgan fingerprint density at radius 3 is 2.55 bits per heavy atom. The van der Waals surface area contributed by atoms with Crippen molar-refractivity contribution in [1.82, 2.24) is 5.32 Å². The van der Waals surface area contributed by atoms with Gasteiger partial charge in [-0.05, 0) is 29.0 Å². The molecule has 0 aliphatic carbocycles. The fourth-order valence-electron chi connectivity index (χ4n) is 2.28. The highest BCUT2D eigenvalue weighted by Crippen LogP contribution is 2.26. The van der Waals surface area contributed by atoms with Crippen LogP contribution in [0.3, 0.4) is 0 Å². The van der Waals surface area contributed by atoms with Crippen LogP contribution in [0, 0.1) is 0 Å². The third-order valence-electron chi connectivity index (χ3n) is 3.38. The van der Waals surface area contributed by atoms with E-state index in [-0.39, 0.29) is 0 Å². The standard InChI is InChI=1S/C18H19NO/c1-13(2)19-12-17-9-10-18(20-17)16-8-7-14-5-3-4-6-15(14)11-16/h3-11,13,19H,12H2,1-2H3. The highest BCUT2D eigenvalue weighted by molar-refractivity contribution is 5.86. The van der Waals surface area contributed by atoms with Crippen LogP contribution in [0.25, 0.3) is 22.1 Å². The van der Waals surface area contributed by atoms with Crippen LogP contribution in [0.1, 0.15) is 19.6 Å². The summed E-state index contributed by atoms with van der Waals surface area (Å²) in [7, 11) is 0. The van der Waals surface area contributed by atoms with Crippen LogP contribution < -0.4 is 5.32 Å². The minimum absolute atomic E-state index is 0.462. The predicted molar refractivity (Wildman–Crippen MR) is 83.6 cm³/mol. The van der Waals surface area contributed by atoms with E-state index >= 15 is 0 Å². The zero-order valence-corrected chi connectivity index (χ0v) is 11.9. The van der Waals surface area contributed by atoms with E-state index in [1.165, 1.54) is 10.8 Å².